The Balaban J connectivity index is 2.15. The highest BCUT2D eigenvalue weighted by Gasteiger charge is 2.26. The molecule has 1 aromatic carbocycles. The van der Waals surface area contributed by atoms with E-state index in [0.717, 1.165) is 25.0 Å². The van der Waals surface area contributed by atoms with Gasteiger partial charge in [-0.2, -0.15) is 0 Å². The minimum Gasteiger partial charge on any atom is -0.349 e. The third-order valence-electron chi connectivity index (χ3n) is 3.90. The molecular weight excluding hydrogens is 304 g/mol. The monoisotopic (exact) mass is 325 g/mol. The molecule has 1 aliphatic heterocycles. The third-order valence-corrected chi connectivity index (χ3v) is 3.90. The zero-order chi connectivity index (χ0) is 17.0. The molecule has 0 unspecified atom stereocenters. The number of hydrogen-bond donors (Lipinski definition) is 2. The van der Waals surface area contributed by atoms with Gasteiger partial charge in [0, 0.05) is 37.7 Å². The van der Waals surface area contributed by atoms with Crippen molar-refractivity contribution in [2.75, 3.05) is 13.1 Å². The largest absolute Gasteiger partial charge is 0.349 e. The zero-order valence-corrected chi connectivity index (χ0v) is 13.0. The lowest BCUT2D eigenvalue weighted by atomic mass is 10.0. The maximum absolute atomic E-state index is 14.0. The lowest BCUT2D eigenvalue weighted by Gasteiger charge is -2.32. The molecule has 1 saturated heterocycles. The zero-order valence-electron chi connectivity index (χ0n) is 13.0. The number of carbonyl (C=O) groups excluding carboxylic acids is 2. The van der Waals surface area contributed by atoms with Crippen molar-refractivity contribution >= 4 is 11.8 Å². The van der Waals surface area contributed by atoms with Gasteiger partial charge in [0.1, 0.15) is 11.6 Å². The van der Waals surface area contributed by atoms with Crippen molar-refractivity contribution in [2.45, 2.75) is 38.3 Å². The fourth-order valence-corrected chi connectivity index (χ4v) is 2.81. The summed E-state index contributed by atoms with van der Waals surface area (Å²) in [6, 6.07) is 2.20. The Kier molecular flexibility index (Phi) is 5.65. The Labute approximate surface area is 133 Å². The first-order chi connectivity index (χ1) is 10.9. The van der Waals surface area contributed by atoms with Crippen LogP contribution >= 0.6 is 0 Å². The van der Waals surface area contributed by atoms with Crippen molar-refractivity contribution in [3.8, 4) is 0 Å². The number of nitrogens with zero attached hydrogens (tertiary/aromatic N) is 1. The molecule has 1 heterocycles. The summed E-state index contributed by atoms with van der Waals surface area (Å²) in [4.78, 5) is 25.4. The molecule has 7 heteroatoms. The summed E-state index contributed by atoms with van der Waals surface area (Å²) in [7, 11) is 0. The molecule has 1 aromatic rings. The van der Waals surface area contributed by atoms with Crippen molar-refractivity contribution in [3.63, 3.8) is 0 Å². The predicted octanol–water partition coefficient (Wildman–Crippen LogP) is 1.48. The van der Waals surface area contributed by atoms with Crippen LogP contribution in [0.3, 0.4) is 0 Å². The second kappa shape index (κ2) is 7.50. The first-order valence-electron chi connectivity index (χ1n) is 7.62. The fourth-order valence-electron chi connectivity index (χ4n) is 2.81. The van der Waals surface area contributed by atoms with E-state index < -0.39 is 17.7 Å². The van der Waals surface area contributed by atoms with Gasteiger partial charge in [-0.3, -0.25) is 9.59 Å². The van der Waals surface area contributed by atoms with E-state index in [0.29, 0.717) is 13.1 Å². The summed E-state index contributed by atoms with van der Waals surface area (Å²) in [5, 5.41) is 2.56. The Bertz CT molecular complexity index is 595. The molecule has 3 N–H and O–H groups in total. The molecule has 0 spiro atoms. The van der Waals surface area contributed by atoms with Gasteiger partial charge in [-0.1, -0.05) is 6.07 Å². The smallest absolute Gasteiger partial charge is 0.225 e. The van der Waals surface area contributed by atoms with Crippen molar-refractivity contribution in [1.29, 1.82) is 0 Å². The van der Waals surface area contributed by atoms with Gasteiger partial charge in [0.25, 0.3) is 0 Å². The number of carbonyl (C=O) groups is 2. The molecule has 1 fully saturated rings. The molecule has 1 aliphatic rings. The summed E-state index contributed by atoms with van der Waals surface area (Å²) in [5.41, 5.74) is 5.95. The van der Waals surface area contributed by atoms with Crippen LogP contribution in [0.2, 0.25) is 0 Å². The second-order valence-corrected chi connectivity index (χ2v) is 5.87. The van der Waals surface area contributed by atoms with E-state index in [1.807, 2.05) is 0 Å². The molecule has 0 aromatic heterocycles. The first-order valence-corrected chi connectivity index (χ1v) is 7.62. The normalized spacial score (nSPS) is 19.3. The lowest BCUT2D eigenvalue weighted by molar-refractivity contribution is -0.133. The number of rotatable bonds is 4. The van der Waals surface area contributed by atoms with Gasteiger partial charge in [-0.05, 0) is 18.9 Å². The number of hydrogen-bond acceptors (Lipinski definition) is 3. The third kappa shape index (κ3) is 4.72. The summed E-state index contributed by atoms with van der Waals surface area (Å²) >= 11 is 0. The fraction of sp³-hybridized carbons (Fsp3) is 0.500. The van der Waals surface area contributed by atoms with Gasteiger partial charge in [0.05, 0.1) is 12.5 Å². The van der Waals surface area contributed by atoms with Crippen LogP contribution in [0.4, 0.5) is 8.78 Å². The molecular formula is C16H21F2N3O2. The van der Waals surface area contributed by atoms with Gasteiger partial charge in [-0.15, -0.1) is 0 Å². The SMILES string of the molecule is CC(=O)N[C@@H](CC(=O)N1CCC[C@@H](N)C1)c1ccc(F)cc1F. The summed E-state index contributed by atoms with van der Waals surface area (Å²) < 4.78 is 27.0. The second-order valence-electron chi connectivity index (χ2n) is 5.87. The topological polar surface area (TPSA) is 75.4 Å². The summed E-state index contributed by atoms with van der Waals surface area (Å²) in [5.74, 6) is -2.09. The average Bonchev–Trinajstić information content (AvgIpc) is 2.46. The van der Waals surface area contributed by atoms with Crippen LogP contribution in [0, 0.1) is 11.6 Å². The van der Waals surface area contributed by atoms with E-state index in [1.165, 1.54) is 13.0 Å². The van der Waals surface area contributed by atoms with Crippen LogP contribution in [0.15, 0.2) is 18.2 Å². The van der Waals surface area contributed by atoms with Crippen LogP contribution < -0.4 is 11.1 Å². The van der Waals surface area contributed by atoms with E-state index in [2.05, 4.69) is 5.32 Å². The average molecular weight is 325 g/mol. The molecule has 0 radical (unpaired) electrons. The van der Waals surface area contributed by atoms with Crippen molar-refractivity contribution in [3.05, 3.63) is 35.4 Å². The highest BCUT2D eigenvalue weighted by Crippen LogP contribution is 2.23. The highest BCUT2D eigenvalue weighted by atomic mass is 19.1. The van der Waals surface area contributed by atoms with Crippen molar-refractivity contribution in [2.24, 2.45) is 5.73 Å². The minimum absolute atomic E-state index is 0.0607. The summed E-state index contributed by atoms with van der Waals surface area (Å²) in [6.07, 6.45) is 1.60. The lowest BCUT2D eigenvalue weighted by Crippen LogP contribution is -2.46. The highest BCUT2D eigenvalue weighted by molar-refractivity contribution is 5.79. The molecule has 2 rings (SSSR count). The summed E-state index contributed by atoms with van der Waals surface area (Å²) in [6.45, 7) is 2.35. The van der Waals surface area contributed by atoms with Crippen molar-refractivity contribution < 1.29 is 18.4 Å². The standard InChI is InChI=1S/C16H21F2N3O2/c1-10(22)20-15(13-5-4-11(17)7-14(13)18)8-16(23)21-6-2-3-12(19)9-21/h4-5,7,12,15H,2-3,6,8-9,19H2,1H3,(H,20,22)/t12-,15+/m1/s1. The quantitative estimate of drug-likeness (QED) is 0.880. The molecule has 2 amide bonds. The van der Waals surface area contributed by atoms with Gasteiger partial charge in [0.15, 0.2) is 0 Å². The Morgan fingerprint density at radius 2 is 2.17 bits per heavy atom. The number of piperidine rings is 1. The van der Waals surface area contributed by atoms with Crippen molar-refractivity contribution in [1.82, 2.24) is 10.2 Å². The number of benzene rings is 1. The van der Waals surface area contributed by atoms with Gasteiger partial charge in [-0.25, -0.2) is 8.78 Å². The molecule has 126 valence electrons. The van der Waals surface area contributed by atoms with E-state index in [4.69, 9.17) is 5.73 Å². The van der Waals surface area contributed by atoms with E-state index in [9.17, 15) is 18.4 Å². The first kappa shape index (κ1) is 17.3. The number of halogens is 2. The van der Waals surface area contributed by atoms with Crippen LogP contribution in [-0.4, -0.2) is 35.8 Å². The van der Waals surface area contributed by atoms with Crippen LogP contribution in [-0.2, 0) is 9.59 Å². The van der Waals surface area contributed by atoms with E-state index in [-0.39, 0.29) is 29.8 Å². The van der Waals surface area contributed by atoms with Crippen LogP contribution in [0.25, 0.3) is 0 Å². The Hall–Kier alpha value is -2.02. The number of nitrogens with one attached hydrogen (secondary N) is 1. The number of likely N-dealkylation sites (tertiary alicyclic amines) is 1. The molecule has 0 bridgehead atoms. The number of amides is 2. The van der Waals surface area contributed by atoms with Crippen LogP contribution in [0.5, 0.6) is 0 Å². The maximum Gasteiger partial charge on any atom is 0.225 e. The molecule has 2 atom stereocenters. The Morgan fingerprint density at radius 3 is 2.78 bits per heavy atom. The molecule has 23 heavy (non-hydrogen) atoms. The van der Waals surface area contributed by atoms with Gasteiger partial charge < -0.3 is 16.0 Å². The molecule has 5 nitrogen and oxygen atoms in total. The minimum atomic E-state index is -0.834. The number of nitrogens with two attached hydrogens (primary N) is 1. The van der Waals surface area contributed by atoms with Crippen LogP contribution in [0.1, 0.15) is 37.8 Å². The van der Waals surface area contributed by atoms with E-state index >= 15 is 0 Å². The van der Waals surface area contributed by atoms with Gasteiger partial charge >= 0.3 is 0 Å². The maximum atomic E-state index is 14.0. The van der Waals surface area contributed by atoms with E-state index in [1.54, 1.807) is 4.90 Å². The molecule has 0 aliphatic carbocycles. The predicted molar refractivity (Wildman–Crippen MR) is 81.3 cm³/mol. The molecule has 0 saturated carbocycles. The van der Waals surface area contributed by atoms with Gasteiger partial charge in [0.2, 0.25) is 11.8 Å². The Morgan fingerprint density at radius 1 is 1.43 bits per heavy atom.